The van der Waals surface area contributed by atoms with Gasteiger partial charge in [-0.3, -0.25) is 9.59 Å². The molecule has 2 unspecified atom stereocenters. The van der Waals surface area contributed by atoms with Gasteiger partial charge in [-0.15, -0.1) is 0 Å². The van der Waals surface area contributed by atoms with Gasteiger partial charge in [0.15, 0.2) is 0 Å². The van der Waals surface area contributed by atoms with Gasteiger partial charge >= 0.3 is 0 Å². The average molecular weight is 536 g/mol. The standard InChI is InChI=1S/C27H42FN3O5Si/c1-17-25(35-2)21-13-19(30-27(34)18-7-5-11-29-15-18)9-10-22(21)36-26(17)23(37(3,4)28)14-24(33)31-12-6-8-20(31)16-32/h9-10,13,17-18,20,23,25-26,29,32H,5-8,11-12,14-16H2,1-4H3,(H,30,34)/t17-,18?,20+,23?,25-,26-/m1/s1. The molecule has 8 nitrogen and oxygen atoms in total. The van der Waals surface area contributed by atoms with Crippen molar-refractivity contribution in [3.05, 3.63) is 23.8 Å². The van der Waals surface area contributed by atoms with Crippen molar-refractivity contribution >= 4 is 25.9 Å². The summed E-state index contributed by atoms with van der Waals surface area (Å²) in [6.45, 7) is 7.39. The van der Waals surface area contributed by atoms with Crippen LogP contribution < -0.4 is 15.4 Å². The second-order valence-corrected chi connectivity index (χ2v) is 15.2. The summed E-state index contributed by atoms with van der Waals surface area (Å²) in [6.07, 6.45) is 2.63. The summed E-state index contributed by atoms with van der Waals surface area (Å²) in [5.74, 6) is 0.204. The minimum absolute atomic E-state index is 0.00405. The summed E-state index contributed by atoms with van der Waals surface area (Å²) in [6, 6.07) is 5.32. The Morgan fingerprint density at radius 1 is 1.32 bits per heavy atom. The first-order chi connectivity index (χ1) is 17.6. The molecule has 1 aromatic carbocycles. The molecule has 0 bridgehead atoms. The number of methoxy groups -OCH3 is 1. The predicted molar refractivity (Wildman–Crippen MR) is 143 cm³/mol. The van der Waals surface area contributed by atoms with Gasteiger partial charge in [-0.05, 0) is 63.5 Å². The quantitative estimate of drug-likeness (QED) is 0.347. The van der Waals surface area contributed by atoms with E-state index in [-0.39, 0.29) is 48.8 Å². The number of halogens is 1. The summed E-state index contributed by atoms with van der Waals surface area (Å²) in [5, 5.41) is 16.0. The first-order valence-corrected chi connectivity index (χ1v) is 16.5. The summed E-state index contributed by atoms with van der Waals surface area (Å²) >= 11 is 0. The molecule has 3 N–H and O–H groups in total. The van der Waals surface area contributed by atoms with E-state index in [0.717, 1.165) is 37.8 Å². The van der Waals surface area contributed by atoms with Crippen LogP contribution in [0.1, 0.15) is 50.7 Å². The SMILES string of the molecule is CO[C@H]1c2cc(NC(=O)C3CCCNC3)ccc2O[C@@H](C(CC(=O)N2CCC[C@H]2CO)[Si](C)(C)F)[C@@H]1C. The molecular formula is C27H42FN3O5Si. The number of carbonyl (C=O) groups excluding carboxylic acids is 2. The smallest absolute Gasteiger partial charge is 0.248 e. The molecule has 10 heteroatoms. The van der Waals surface area contributed by atoms with Gasteiger partial charge in [0, 0.05) is 49.3 Å². The molecule has 2 fully saturated rings. The van der Waals surface area contributed by atoms with Crippen molar-refractivity contribution in [2.75, 3.05) is 38.7 Å². The lowest BCUT2D eigenvalue weighted by molar-refractivity contribution is -0.133. The van der Waals surface area contributed by atoms with Gasteiger partial charge in [-0.25, -0.2) is 0 Å². The van der Waals surface area contributed by atoms with Gasteiger partial charge in [0.05, 0.1) is 24.7 Å². The molecule has 206 valence electrons. The second-order valence-electron chi connectivity index (χ2n) is 11.3. The van der Waals surface area contributed by atoms with Crippen LogP contribution >= 0.6 is 0 Å². The van der Waals surface area contributed by atoms with Crippen LogP contribution in [0.15, 0.2) is 18.2 Å². The summed E-state index contributed by atoms with van der Waals surface area (Å²) in [7, 11) is -1.71. The molecule has 0 radical (unpaired) electrons. The molecule has 2 amide bonds. The van der Waals surface area contributed by atoms with E-state index in [4.69, 9.17) is 9.47 Å². The van der Waals surface area contributed by atoms with E-state index in [1.165, 1.54) is 0 Å². The van der Waals surface area contributed by atoms with E-state index in [2.05, 4.69) is 10.6 Å². The Labute approximate surface area is 220 Å². The molecule has 4 rings (SSSR count). The molecule has 6 atom stereocenters. The van der Waals surface area contributed by atoms with Crippen LogP contribution in [0.4, 0.5) is 9.80 Å². The van der Waals surface area contributed by atoms with E-state index in [0.29, 0.717) is 24.5 Å². The van der Waals surface area contributed by atoms with Crippen molar-refractivity contribution in [3.63, 3.8) is 0 Å². The third kappa shape index (κ3) is 6.18. The topological polar surface area (TPSA) is 100 Å². The van der Waals surface area contributed by atoms with Crippen LogP contribution in [0, 0.1) is 11.8 Å². The first kappa shape index (κ1) is 28.0. The number of aliphatic hydroxyl groups excluding tert-OH is 1. The van der Waals surface area contributed by atoms with Crippen molar-refractivity contribution in [3.8, 4) is 5.75 Å². The normalized spacial score (nSPS) is 28.8. The number of rotatable bonds is 8. The molecule has 37 heavy (non-hydrogen) atoms. The maximum Gasteiger partial charge on any atom is 0.248 e. The van der Waals surface area contributed by atoms with E-state index < -0.39 is 20.1 Å². The molecule has 3 heterocycles. The molecule has 3 aliphatic heterocycles. The van der Waals surface area contributed by atoms with Crippen LogP contribution in [0.2, 0.25) is 18.6 Å². The third-order valence-corrected chi connectivity index (χ3v) is 10.6. The highest BCUT2D eigenvalue weighted by Crippen LogP contribution is 2.48. The summed E-state index contributed by atoms with van der Waals surface area (Å²) in [5.41, 5.74) is 0.926. The van der Waals surface area contributed by atoms with Crippen molar-refractivity contribution in [2.24, 2.45) is 11.8 Å². The summed E-state index contributed by atoms with van der Waals surface area (Å²) in [4.78, 5) is 27.7. The Morgan fingerprint density at radius 2 is 2.11 bits per heavy atom. The number of aliphatic hydroxyl groups is 1. The van der Waals surface area contributed by atoms with Crippen molar-refractivity contribution in [1.82, 2.24) is 10.2 Å². The number of nitrogens with one attached hydrogen (secondary N) is 2. The molecular weight excluding hydrogens is 493 g/mol. The van der Waals surface area contributed by atoms with Crippen LogP contribution in [0.5, 0.6) is 5.75 Å². The molecule has 1 aromatic rings. The zero-order valence-electron chi connectivity index (χ0n) is 22.5. The number of nitrogens with zero attached hydrogens (tertiary/aromatic N) is 1. The van der Waals surface area contributed by atoms with Gasteiger partial charge in [-0.2, -0.15) is 0 Å². The van der Waals surface area contributed by atoms with Gasteiger partial charge in [0.2, 0.25) is 20.2 Å². The molecule has 0 aliphatic carbocycles. The van der Waals surface area contributed by atoms with E-state index in [1.54, 1.807) is 31.2 Å². The van der Waals surface area contributed by atoms with Crippen molar-refractivity contribution in [2.45, 2.75) is 75.9 Å². The van der Waals surface area contributed by atoms with Gasteiger partial charge in [0.25, 0.3) is 0 Å². The van der Waals surface area contributed by atoms with E-state index in [1.807, 2.05) is 19.1 Å². The maximum absolute atomic E-state index is 15.8. The monoisotopic (exact) mass is 535 g/mol. The van der Waals surface area contributed by atoms with Crippen LogP contribution in [0.3, 0.4) is 0 Å². The predicted octanol–water partition coefficient (Wildman–Crippen LogP) is 3.63. The number of amides is 2. The first-order valence-electron chi connectivity index (χ1n) is 13.6. The number of carbonyl (C=O) groups is 2. The molecule has 3 aliphatic rings. The highest BCUT2D eigenvalue weighted by Gasteiger charge is 2.49. The number of benzene rings is 1. The lowest BCUT2D eigenvalue weighted by Gasteiger charge is -2.43. The molecule has 2 saturated heterocycles. The van der Waals surface area contributed by atoms with E-state index >= 15 is 4.11 Å². The number of likely N-dealkylation sites (tertiary alicyclic amines) is 1. The molecule has 0 saturated carbocycles. The fraction of sp³-hybridized carbons (Fsp3) is 0.704. The van der Waals surface area contributed by atoms with Gasteiger partial charge < -0.3 is 34.2 Å². The van der Waals surface area contributed by atoms with Gasteiger partial charge in [0.1, 0.15) is 11.9 Å². The average Bonchev–Trinajstić information content (AvgIpc) is 3.36. The number of piperidine rings is 1. The molecule has 0 aromatic heterocycles. The lowest BCUT2D eigenvalue weighted by Crippen LogP contribution is -2.48. The zero-order chi connectivity index (χ0) is 26.7. The highest BCUT2D eigenvalue weighted by molar-refractivity contribution is 6.72. The Hall–Kier alpha value is -2.01. The van der Waals surface area contributed by atoms with E-state index in [9.17, 15) is 14.7 Å². The number of fused-ring (bicyclic) bond motifs is 1. The number of anilines is 1. The maximum atomic E-state index is 15.8. The van der Waals surface area contributed by atoms with Crippen molar-refractivity contribution in [1.29, 1.82) is 0 Å². The number of ether oxygens (including phenoxy) is 2. The zero-order valence-corrected chi connectivity index (χ0v) is 23.5. The molecule has 0 spiro atoms. The van der Waals surface area contributed by atoms with Crippen LogP contribution in [-0.2, 0) is 14.3 Å². The number of hydrogen-bond donors (Lipinski definition) is 3. The van der Waals surface area contributed by atoms with Crippen LogP contribution in [0.25, 0.3) is 0 Å². The Balaban J connectivity index is 1.54. The van der Waals surface area contributed by atoms with Gasteiger partial charge in [-0.1, -0.05) is 6.92 Å². The largest absolute Gasteiger partial charge is 0.490 e. The fourth-order valence-electron chi connectivity index (χ4n) is 6.18. The Bertz CT molecular complexity index is 968. The Kier molecular flexibility index (Phi) is 8.93. The second kappa shape index (κ2) is 11.8. The fourth-order valence-corrected chi connectivity index (χ4v) is 8.00. The lowest BCUT2D eigenvalue weighted by atomic mass is 9.86. The third-order valence-electron chi connectivity index (χ3n) is 8.35. The highest BCUT2D eigenvalue weighted by atomic mass is 28.4. The minimum atomic E-state index is -3.33. The minimum Gasteiger partial charge on any atom is -0.490 e. The summed E-state index contributed by atoms with van der Waals surface area (Å²) < 4.78 is 28.1. The van der Waals surface area contributed by atoms with Crippen molar-refractivity contribution < 1.29 is 28.3 Å². The number of hydrogen-bond acceptors (Lipinski definition) is 6. The Morgan fingerprint density at radius 3 is 2.76 bits per heavy atom. The van der Waals surface area contributed by atoms with Crippen LogP contribution in [-0.4, -0.2) is 75.7 Å².